The van der Waals surface area contributed by atoms with Crippen LogP contribution >= 0.6 is 11.6 Å². The van der Waals surface area contributed by atoms with E-state index in [-0.39, 0.29) is 18.6 Å². The number of amides is 1. The summed E-state index contributed by atoms with van der Waals surface area (Å²) < 4.78 is 0. The minimum Gasteiger partial charge on any atom is -0.396 e. The predicted octanol–water partition coefficient (Wildman–Crippen LogP) is 2.79. The maximum Gasteiger partial charge on any atom is 0.255 e. The van der Waals surface area contributed by atoms with E-state index >= 15 is 0 Å². The van der Waals surface area contributed by atoms with E-state index in [0.717, 1.165) is 13.0 Å². The zero-order valence-electron chi connectivity index (χ0n) is 12.9. The van der Waals surface area contributed by atoms with Gasteiger partial charge in [-0.25, -0.2) is 4.98 Å². The van der Waals surface area contributed by atoms with Crippen LogP contribution < -0.4 is 5.32 Å². The second kappa shape index (κ2) is 8.85. The highest BCUT2D eigenvalue weighted by atomic mass is 35.5. The summed E-state index contributed by atoms with van der Waals surface area (Å²) >= 11 is 6.16. The summed E-state index contributed by atoms with van der Waals surface area (Å²) in [6.07, 6.45) is 3.07. The quantitative estimate of drug-likeness (QED) is 0.774. The number of aliphatic hydroxyl groups excluding tert-OH is 1. The van der Waals surface area contributed by atoms with Gasteiger partial charge in [-0.2, -0.15) is 0 Å². The summed E-state index contributed by atoms with van der Waals surface area (Å²) in [7, 11) is 0. The Kier molecular flexibility index (Phi) is 7.47. The van der Waals surface area contributed by atoms with E-state index < -0.39 is 0 Å². The van der Waals surface area contributed by atoms with Crippen LogP contribution in [0.1, 0.15) is 44.0 Å². The first-order valence-corrected chi connectivity index (χ1v) is 7.70. The lowest BCUT2D eigenvalue weighted by Crippen LogP contribution is -2.38. The monoisotopic (exact) mass is 313 g/mol. The van der Waals surface area contributed by atoms with Crippen molar-refractivity contribution >= 4 is 23.3 Å². The second-order valence-electron chi connectivity index (χ2n) is 5.15. The molecule has 5 nitrogen and oxygen atoms in total. The van der Waals surface area contributed by atoms with Crippen LogP contribution in [0.3, 0.4) is 0 Å². The van der Waals surface area contributed by atoms with Crippen LogP contribution in [0.15, 0.2) is 12.3 Å². The number of aromatic nitrogens is 1. The largest absolute Gasteiger partial charge is 0.396 e. The molecule has 21 heavy (non-hydrogen) atoms. The van der Waals surface area contributed by atoms with Crippen molar-refractivity contribution in [3.63, 3.8) is 0 Å². The van der Waals surface area contributed by atoms with Crippen molar-refractivity contribution in [2.24, 2.45) is 0 Å². The number of pyridine rings is 1. The fourth-order valence-electron chi connectivity index (χ4n) is 1.93. The molecule has 118 valence electrons. The average Bonchev–Trinajstić information content (AvgIpc) is 2.45. The maximum atomic E-state index is 12.5. The number of rotatable bonds is 8. The van der Waals surface area contributed by atoms with Gasteiger partial charge in [0.15, 0.2) is 0 Å². The number of carbonyl (C=O) groups excluding carboxylic acids is 1. The molecule has 1 heterocycles. The molecule has 0 saturated carbocycles. The summed E-state index contributed by atoms with van der Waals surface area (Å²) in [5, 5.41) is 12.5. The van der Waals surface area contributed by atoms with Crippen LogP contribution in [-0.2, 0) is 0 Å². The van der Waals surface area contributed by atoms with Gasteiger partial charge in [0.25, 0.3) is 5.91 Å². The Bertz CT molecular complexity index is 466. The molecule has 0 saturated heterocycles. The molecule has 2 N–H and O–H groups in total. The molecule has 1 aromatic rings. The van der Waals surface area contributed by atoms with Crippen molar-refractivity contribution in [1.82, 2.24) is 9.88 Å². The number of aliphatic hydroxyl groups is 1. The maximum absolute atomic E-state index is 12.5. The molecule has 1 amide bonds. The number of nitrogens with zero attached hydrogens (tertiary/aromatic N) is 2. The summed E-state index contributed by atoms with van der Waals surface area (Å²) in [4.78, 5) is 18.4. The van der Waals surface area contributed by atoms with Crippen LogP contribution in [-0.4, -0.2) is 46.6 Å². The zero-order chi connectivity index (χ0) is 15.8. The molecule has 0 aliphatic heterocycles. The van der Waals surface area contributed by atoms with Gasteiger partial charge < -0.3 is 15.3 Å². The Morgan fingerprint density at radius 1 is 1.52 bits per heavy atom. The van der Waals surface area contributed by atoms with Crippen molar-refractivity contribution < 1.29 is 9.90 Å². The fraction of sp³-hybridized carbons (Fsp3) is 0.600. The molecule has 0 aliphatic rings. The summed E-state index contributed by atoms with van der Waals surface area (Å²) in [6.45, 7) is 7.31. The number of carbonyl (C=O) groups is 1. The van der Waals surface area contributed by atoms with Crippen molar-refractivity contribution in [3.8, 4) is 0 Å². The van der Waals surface area contributed by atoms with Crippen LogP contribution in [0, 0.1) is 0 Å². The molecule has 6 heteroatoms. The number of nitrogens with one attached hydrogen (secondary N) is 1. The topological polar surface area (TPSA) is 65.5 Å². The zero-order valence-corrected chi connectivity index (χ0v) is 13.7. The van der Waals surface area contributed by atoms with Crippen LogP contribution in [0.2, 0.25) is 5.02 Å². The van der Waals surface area contributed by atoms with E-state index in [2.05, 4.69) is 17.2 Å². The Hall–Kier alpha value is -1.33. The van der Waals surface area contributed by atoms with E-state index in [1.165, 1.54) is 0 Å². The predicted molar refractivity (Wildman–Crippen MR) is 85.9 cm³/mol. The standard InChI is InChI=1S/C15H24ClN3O2/c1-4-6-17-14-13(16)9-12(10-18-14)15(21)19(11(2)3)7-5-8-20/h9-11,20H,4-8H2,1-3H3,(H,17,18). The second-order valence-corrected chi connectivity index (χ2v) is 5.56. The first-order valence-electron chi connectivity index (χ1n) is 7.32. The highest BCUT2D eigenvalue weighted by Gasteiger charge is 2.19. The van der Waals surface area contributed by atoms with Crippen molar-refractivity contribution in [2.75, 3.05) is 25.0 Å². The van der Waals surface area contributed by atoms with Crippen LogP contribution in [0.25, 0.3) is 0 Å². The summed E-state index contributed by atoms with van der Waals surface area (Å²) in [5.41, 5.74) is 0.466. The van der Waals surface area contributed by atoms with Gasteiger partial charge in [-0.05, 0) is 32.8 Å². The first-order chi connectivity index (χ1) is 10.0. The van der Waals surface area contributed by atoms with Gasteiger partial charge in [0, 0.05) is 31.9 Å². The van der Waals surface area contributed by atoms with Gasteiger partial charge in [-0.1, -0.05) is 18.5 Å². The van der Waals surface area contributed by atoms with Gasteiger partial charge in [0.1, 0.15) is 5.82 Å². The van der Waals surface area contributed by atoms with Crippen molar-refractivity contribution in [2.45, 2.75) is 39.7 Å². The summed E-state index contributed by atoms with van der Waals surface area (Å²) in [6, 6.07) is 1.70. The Morgan fingerprint density at radius 2 is 2.24 bits per heavy atom. The van der Waals surface area contributed by atoms with Crippen molar-refractivity contribution in [1.29, 1.82) is 0 Å². The Labute approximate surface area is 131 Å². The van der Waals surface area contributed by atoms with E-state index in [9.17, 15) is 4.79 Å². The number of hydrogen-bond acceptors (Lipinski definition) is 4. The number of anilines is 1. The van der Waals surface area contributed by atoms with E-state index in [4.69, 9.17) is 16.7 Å². The number of halogens is 1. The van der Waals surface area contributed by atoms with Gasteiger partial charge >= 0.3 is 0 Å². The molecule has 0 aliphatic carbocycles. The SMILES string of the molecule is CCCNc1ncc(C(=O)N(CCCO)C(C)C)cc1Cl. The molecule has 0 unspecified atom stereocenters. The third-order valence-electron chi connectivity index (χ3n) is 3.07. The Morgan fingerprint density at radius 3 is 2.76 bits per heavy atom. The molecule has 1 aromatic heterocycles. The van der Waals surface area contributed by atoms with E-state index in [0.29, 0.717) is 29.4 Å². The van der Waals surface area contributed by atoms with Crippen molar-refractivity contribution in [3.05, 3.63) is 22.8 Å². The van der Waals surface area contributed by atoms with Gasteiger partial charge in [0.2, 0.25) is 0 Å². The highest BCUT2D eigenvalue weighted by molar-refractivity contribution is 6.33. The fourth-order valence-corrected chi connectivity index (χ4v) is 2.16. The molecule has 0 fully saturated rings. The van der Waals surface area contributed by atoms with E-state index in [1.54, 1.807) is 17.2 Å². The van der Waals surface area contributed by atoms with Crippen LogP contribution in [0.4, 0.5) is 5.82 Å². The Balaban J connectivity index is 2.87. The lowest BCUT2D eigenvalue weighted by Gasteiger charge is -2.26. The minimum absolute atomic E-state index is 0.0562. The molecule has 0 atom stereocenters. The molecular formula is C15H24ClN3O2. The molecular weight excluding hydrogens is 290 g/mol. The lowest BCUT2D eigenvalue weighted by atomic mass is 10.2. The lowest BCUT2D eigenvalue weighted by molar-refractivity contribution is 0.0692. The average molecular weight is 314 g/mol. The van der Waals surface area contributed by atoms with Gasteiger partial charge in [0.05, 0.1) is 10.6 Å². The highest BCUT2D eigenvalue weighted by Crippen LogP contribution is 2.21. The normalized spacial score (nSPS) is 10.8. The molecule has 1 rings (SSSR count). The molecule has 0 radical (unpaired) electrons. The summed E-state index contributed by atoms with van der Waals surface area (Å²) in [5.74, 6) is 0.483. The number of hydrogen-bond donors (Lipinski definition) is 2. The molecule has 0 spiro atoms. The van der Waals surface area contributed by atoms with E-state index in [1.807, 2.05) is 13.8 Å². The van der Waals surface area contributed by atoms with Gasteiger partial charge in [-0.15, -0.1) is 0 Å². The smallest absolute Gasteiger partial charge is 0.255 e. The third kappa shape index (κ3) is 5.17. The third-order valence-corrected chi connectivity index (χ3v) is 3.36. The minimum atomic E-state index is -0.116. The first kappa shape index (κ1) is 17.7. The van der Waals surface area contributed by atoms with Gasteiger partial charge in [-0.3, -0.25) is 4.79 Å². The van der Waals surface area contributed by atoms with Crippen LogP contribution in [0.5, 0.6) is 0 Å². The molecule has 0 bridgehead atoms. The molecule has 0 aromatic carbocycles.